The number of hydrogen-bond donors (Lipinski definition) is 0. The van der Waals surface area contributed by atoms with Crippen molar-refractivity contribution in [3.8, 4) is 23.0 Å². The van der Waals surface area contributed by atoms with E-state index in [1.807, 2.05) is 25.5 Å². The predicted octanol–water partition coefficient (Wildman–Crippen LogP) is 3.10. The van der Waals surface area contributed by atoms with Crippen LogP contribution in [-0.2, 0) is 29.2 Å². The smallest absolute Gasteiger partial charge is 0.322 e. The zero-order valence-electron chi connectivity index (χ0n) is 19.5. The van der Waals surface area contributed by atoms with Crippen molar-refractivity contribution in [2.45, 2.75) is 59.1 Å². The van der Waals surface area contributed by atoms with Gasteiger partial charge in [0.15, 0.2) is 15.6 Å². The summed E-state index contributed by atoms with van der Waals surface area (Å²) in [6, 6.07) is 3.38. The molecule has 172 valence electrons. The van der Waals surface area contributed by atoms with Gasteiger partial charge < -0.3 is 9.30 Å². The Kier molecular flexibility index (Phi) is 6.54. The van der Waals surface area contributed by atoms with E-state index >= 15 is 0 Å². The number of rotatable bonds is 7. The van der Waals surface area contributed by atoms with E-state index in [0.717, 1.165) is 5.69 Å². The van der Waals surface area contributed by atoms with Crippen LogP contribution in [0.2, 0.25) is 0 Å². The molecule has 3 aromatic heterocycles. The van der Waals surface area contributed by atoms with Gasteiger partial charge in [0.05, 0.1) is 28.1 Å². The fourth-order valence-electron chi connectivity index (χ4n) is 3.36. The normalized spacial score (nSPS) is 11.9. The fraction of sp³-hybridized carbons (Fsp3) is 0.455. The van der Waals surface area contributed by atoms with Gasteiger partial charge in [-0.15, -0.1) is 0 Å². The zero-order valence-corrected chi connectivity index (χ0v) is 20.3. The molecule has 0 aliphatic rings. The van der Waals surface area contributed by atoms with Gasteiger partial charge in [-0.1, -0.05) is 0 Å². The lowest BCUT2D eigenvalue weighted by molar-refractivity contribution is 0.433. The maximum Gasteiger partial charge on any atom is 0.322 e. The van der Waals surface area contributed by atoms with Gasteiger partial charge in [0.2, 0.25) is 0 Å². The third kappa shape index (κ3) is 4.74. The number of nitrogens with zero attached hydrogens (tertiary/aromatic N) is 5. The minimum atomic E-state index is -3.40. The Labute approximate surface area is 188 Å². The standard InChI is InChI=1S/C22H29N5O4S/c1-8-27-16(6)20(15(5)25-27)31-22-23-18(12-32(29,30)13(2)3)10-19(24-22)17-9-14(4)21(28)26(7)11-17/h9-11,13H,8,12H2,1-7H3. The van der Waals surface area contributed by atoms with Gasteiger partial charge in [0, 0.05) is 30.9 Å². The molecule has 0 saturated heterocycles. The van der Waals surface area contributed by atoms with Gasteiger partial charge in [-0.25, -0.2) is 8.42 Å². The van der Waals surface area contributed by atoms with Gasteiger partial charge in [-0.2, -0.15) is 15.1 Å². The largest absolute Gasteiger partial charge is 0.420 e. The Bertz CT molecular complexity index is 1300. The van der Waals surface area contributed by atoms with E-state index in [2.05, 4.69) is 15.1 Å². The van der Waals surface area contributed by atoms with Crippen molar-refractivity contribution in [2.24, 2.45) is 7.05 Å². The molecule has 0 atom stereocenters. The van der Waals surface area contributed by atoms with Gasteiger partial charge in [-0.05, 0) is 53.7 Å². The second-order valence-corrected chi connectivity index (χ2v) is 10.7. The lowest BCUT2D eigenvalue weighted by Gasteiger charge is -2.12. The Morgan fingerprint density at radius 1 is 1.12 bits per heavy atom. The highest BCUT2D eigenvalue weighted by atomic mass is 32.2. The monoisotopic (exact) mass is 459 g/mol. The van der Waals surface area contributed by atoms with E-state index in [1.165, 1.54) is 4.57 Å². The van der Waals surface area contributed by atoms with E-state index in [9.17, 15) is 13.2 Å². The SMILES string of the molecule is CCn1nc(C)c(Oc2nc(CS(=O)(=O)C(C)C)cc(-c3cc(C)c(=O)n(C)c3)n2)c1C. The molecule has 3 rings (SSSR count). The van der Waals surface area contributed by atoms with E-state index < -0.39 is 15.1 Å². The average molecular weight is 460 g/mol. The summed E-state index contributed by atoms with van der Waals surface area (Å²) >= 11 is 0. The van der Waals surface area contributed by atoms with Crippen LogP contribution in [0.15, 0.2) is 23.1 Å². The summed E-state index contributed by atoms with van der Waals surface area (Å²) in [7, 11) is -1.74. The van der Waals surface area contributed by atoms with Crippen molar-refractivity contribution in [3.05, 3.63) is 51.3 Å². The molecule has 0 fully saturated rings. The summed E-state index contributed by atoms with van der Waals surface area (Å²) in [6.45, 7) is 11.4. The van der Waals surface area contributed by atoms with Crippen LogP contribution < -0.4 is 10.3 Å². The van der Waals surface area contributed by atoms with Gasteiger partial charge in [0.25, 0.3) is 5.56 Å². The fourth-order valence-corrected chi connectivity index (χ4v) is 4.25. The first-order valence-corrected chi connectivity index (χ1v) is 12.1. The third-order valence-corrected chi connectivity index (χ3v) is 7.43. The minimum absolute atomic E-state index is 0.0322. The van der Waals surface area contributed by atoms with Crippen LogP contribution in [0.4, 0.5) is 0 Å². The highest BCUT2D eigenvalue weighted by molar-refractivity contribution is 7.91. The molecular weight excluding hydrogens is 430 g/mol. The first kappa shape index (κ1) is 23.6. The number of pyridine rings is 1. The molecule has 0 aromatic carbocycles. The summed E-state index contributed by atoms with van der Waals surface area (Å²) in [5, 5.41) is 3.90. The molecule has 0 radical (unpaired) electrons. The molecule has 0 aliphatic carbocycles. The van der Waals surface area contributed by atoms with E-state index in [0.29, 0.717) is 40.5 Å². The Balaban J connectivity index is 2.15. The van der Waals surface area contributed by atoms with E-state index in [1.54, 1.807) is 46.1 Å². The maximum absolute atomic E-state index is 12.6. The second-order valence-electron chi connectivity index (χ2n) is 8.13. The molecular formula is C22H29N5O4S. The van der Waals surface area contributed by atoms with Crippen molar-refractivity contribution in [1.29, 1.82) is 0 Å². The van der Waals surface area contributed by atoms with E-state index in [4.69, 9.17) is 4.74 Å². The van der Waals surface area contributed by atoms with Crippen molar-refractivity contribution in [1.82, 2.24) is 24.3 Å². The van der Waals surface area contributed by atoms with Crippen LogP contribution in [0.3, 0.4) is 0 Å². The first-order valence-electron chi connectivity index (χ1n) is 10.4. The van der Waals surface area contributed by atoms with Crippen LogP contribution in [0.5, 0.6) is 11.8 Å². The lowest BCUT2D eigenvalue weighted by Crippen LogP contribution is -2.19. The molecule has 0 N–H and O–H groups in total. The average Bonchev–Trinajstić information content (AvgIpc) is 2.98. The predicted molar refractivity (Wildman–Crippen MR) is 123 cm³/mol. The number of hydrogen-bond acceptors (Lipinski definition) is 7. The molecule has 0 saturated carbocycles. The molecule has 0 amide bonds. The van der Waals surface area contributed by atoms with Gasteiger partial charge in [-0.3, -0.25) is 9.48 Å². The molecule has 0 bridgehead atoms. The number of aromatic nitrogens is 5. The van der Waals surface area contributed by atoms with Crippen LogP contribution in [0, 0.1) is 20.8 Å². The molecule has 10 heteroatoms. The molecule has 9 nitrogen and oxygen atoms in total. The Morgan fingerprint density at radius 2 is 1.81 bits per heavy atom. The Morgan fingerprint density at radius 3 is 2.38 bits per heavy atom. The summed E-state index contributed by atoms with van der Waals surface area (Å²) < 4.78 is 34.4. The second kappa shape index (κ2) is 8.85. The summed E-state index contributed by atoms with van der Waals surface area (Å²) in [6.07, 6.45) is 1.66. The topological polar surface area (TPSA) is 109 Å². The number of aryl methyl sites for hydroxylation is 4. The summed E-state index contributed by atoms with van der Waals surface area (Å²) in [4.78, 5) is 21.0. The molecule has 0 spiro atoms. The summed E-state index contributed by atoms with van der Waals surface area (Å²) in [5.41, 5.74) is 3.42. The number of sulfone groups is 1. The van der Waals surface area contributed by atoms with Crippen LogP contribution >= 0.6 is 0 Å². The zero-order chi connectivity index (χ0) is 23.8. The molecule has 0 unspecified atom stereocenters. The van der Waals surface area contributed by atoms with E-state index in [-0.39, 0.29) is 17.3 Å². The molecule has 3 heterocycles. The third-order valence-electron chi connectivity index (χ3n) is 5.29. The van der Waals surface area contributed by atoms with Crippen molar-refractivity contribution in [2.75, 3.05) is 0 Å². The summed E-state index contributed by atoms with van der Waals surface area (Å²) in [5.74, 6) is 0.298. The highest BCUT2D eigenvalue weighted by Gasteiger charge is 2.21. The quantitative estimate of drug-likeness (QED) is 0.534. The lowest BCUT2D eigenvalue weighted by atomic mass is 10.1. The minimum Gasteiger partial charge on any atom is -0.420 e. The van der Waals surface area contributed by atoms with Crippen molar-refractivity contribution < 1.29 is 13.2 Å². The van der Waals surface area contributed by atoms with Gasteiger partial charge in [0.1, 0.15) is 5.69 Å². The highest BCUT2D eigenvalue weighted by Crippen LogP contribution is 2.29. The van der Waals surface area contributed by atoms with Crippen molar-refractivity contribution in [3.63, 3.8) is 0 Å². The number of ether oxygens (including phenoxy) is 1. The Hall–Kier alpha value is -3.01. The van der Waals surface area contributed by atoms with Crippen molar-refractivity contribution >= 4 is 9.84 Å². The first-order chi connectivity index (χ1) is 14.9. The van der Waals surface area contributed by atoms with Crippen LogP contribution in [-0.4, -0.2) is 38.0 Å². The maximum atomic E-state index is 12.6. The van der Waals surface area contributed by atoms with Gasteiger partial charge >= 0.3 is 6.01 Å². The van der Waals surface area contributed by atoms with Crippen LogP contribution in [0.25, 0.3) is 11.3 Å². The molecule has 0 aliphatic heterocycles. The molecule has 32 heavy (non-hydrogen) atoms. The molecule has 3 aromatic rings. The van der Waals surface area contributed by atoms with Crippen LogP contribution in [0.1, 0.15) is 43.4 Å².